The molecule has 0 atom stereocenters. The number of hydrogen-bond acceptors (Lipinski definition) is 0. The van der Waals surface area contributed by atoms with Gasteiger partial charge in [0.2, 0.25) is 0 Å². The van der Waals surface area contributed by atoms with Gasteiger partial charge in [-0.3, -0.25) is 0 Å². The molecular weight excluding hydrogens is 491 g/mol. The summed E-state index contributed by atoms with van der Waals surface area (Å²) in [5.41, 5.74) is 0. The summed E-state index contributed by atoms with van der Waals surface area (Å²) in [6, 6.07) is 0. The average Bonchev–Trinajstić information content (AvgIpc) is 0. The summed E-state index contributed by atoms with van der Waals surface area (Å²) < 4.78 is 0. The molecule has 0 spiro atoms. The predicted molar refractivity (Wildman–Crippen MR) is 79.5 cm³/mol. The molecule has 0 aromatic rings. The second-order valence-electron chi connectivity index (χ2n) is 0. The minimum atomic E-state index is 0. The molecule has 13 heavy (non-hydrogen) atoms. The van der Waals surface area contributed by atoms with E-state index in [2.05, 4.69) is 0 Å². The monoisotopic (exact) mass is 515 g/mol. The Kier molecular flexibility index (Phi) is 1480. The minimum Gasteiger partial charge on any atom is 0 e. The second kappa shape index (κ2) is 128. The molecule has 0 heterocycles. The van der Waals surface area contributed by atoms with Crippen LogP contribution in [0.15, 0.2) is 0 Å². The van der Waals surface area contributed by atoms with E-state index in [4.69, 9.17) is 0 Å². The Hall–Kier alpha value is 6.86. The van der Waals surface area contributed by atoms with Crippen LogP contribution in [0.5, 0.6) is 0 Å². The van der Waals surface area contributed by atoms with Crippen molar-refractivity contribution in [2.24, 2.45) is 0 Å². The third-order valence-electron chi connectivity index (χ3n) is 0. The molecule has 0 rings (SSSR count). The zero-order valence-corrected chi connectivity index (χ0v) is 7.79. The summed E-state index contributed by atoms with van der Waals surface area (Å²) >= 11 is 0. The van der Waals surface area contributed by atoms with Gasteiger partial charge in [-0.1, -0.05) is 0 Å². The Morgan fingerprint density at radius 3 is 0.154 bits per heavy atom. The van der Waals surface area contributed by atoms with E-state index in [1.54, 1.807) is 0 Å². The largest absolute Gasteiger partial charge is 0.187 e. The van der Waals surface area contributed by atoms with Crippen molar-refractivity contribution >= 4 is 139 Å². The molecule has 0 saturated heterocycles. The van der Waals surface area contributed by atoms with Crippen molar-refractivity contribution < 1.29 is 85.3 Å². The van der Waals surface area contributed by atoms with Gasteiger partial charge >= 0.3 is 0 Å². The van der Waals surface area contributed by atoms with Crippen molar-refractivity contribution in [3.8, 4) is 0 Å². The molecule has 0 aromatic carbocycles. The molecule has 0 fully saturated rings. The summed E-state index contributed by atoms with van der Waals surface area (Å²) in [5, 5.41) is 0. The van der Waals surface area contributed by atoms with Crippen LogP contribution in [0.2, 0.25) is 0 Å². The first-order chi connectivity index (χ1) is 0. The Labute approximate surface area is 219 Å². The average molecular weight is 515 g/mol. The van der Waals surface area contributed by atoms with Crippen LogP contribution in [-0.4, -0.2) is 139 Å². The Morgan fingerprint density at radius 2 is 0.154 bits per heavy atom. The molecule has 0 nitrogen and oxygen atoms in total. The van der Waals surface area contributed by atoms with Crippen LogP contribution >= 0.6 is 0 Å². The van der Waals surface area contributed by atoms with Crippen molar-refractivity contribution in [2.75, 3.05) is 0 Å². The van der Waals surface area contributed by atoms with Crippen molar-refractivity contribution in [1.29, 1.82) is 0 Å². The van der Waals surface area contributed by atoms with E-state index in [1.165, 1.54) is 0 Å². The van der Waals surface area contributed by atoms with Crippen LogP contribution in [0.25, 0.3) is 0 Å². The fourth-order valence-corrected chi connectivity index (χ4v) is 0. The molecule has 0 aliphatic carbocycles. The summed E-state index contributed by atoms with van der Waals surface area (Å²) in [6.07, 6.45) is 0. The molecule has 83 valence electrons. The maximum absolute atomic E-state index is 0. The summed E-state index contributed by atoms with van der Waals surface area (Å²) in [5.74, 6) is 0. The van der Waals surface area contributed by atoms with Crippen LogP contribution in [0.3, 0.4) is 0 Å². The van der Waals surface area contributed by atoms with Gasteiger partial charge < -0.3 is 0 Å². The molecule has 0 aliphatic heterocycles. The van der Waals surface area contributed by atoms with Gasteiger partial charge in [-0.15, -0.1) is 0 Å². The second-order valence-corrected chi connectivity index (χ2v) is 0. The molecule has 0 aromatic heterocycles. The maximum Gasteiger partial charge on any atom is 0.187 e. The Bertz CT molecular complexity index is 12.5. The zero-order valence-electron chi connectivity index (χ0n) is 1.89. The van der Waals surface area contributed by atoms with E-state index in [0.29, 0.717) is 0 Å². The van der Waals surface area contributed by atoms with Gasteiger partial charge in [-0.05, 0) is 0 Å². The molecule has 13 heteroatoms. The summed E-state index contributed by atoms with van der Waals surface area (Å²) in [4.78, 5) is 0. The normalized spacial score (nSPS) is 0. The molecule has 0 aliphatic rings. The number of hydrogen-bond donors (Lipinski definition) is 0. The first-order valence-corrected chi connectivity index (χ1v) is 0. The van der Waals surface area contributed by atoms with E-state index in [-0.39, 0.29) is 224 Å². The van der Waals surface area contributed by atoms with E-state index in [9.17, 15) is 0 Å². The standard InChI is InChI=1S/8Al.5Mn.24H. The number of rotatable bonds is 0. The quantitative estimate of drug-likeness (QED) is 0.282. The van der Waals surface area contributed by atoms with Gasteiger partial charge in [0.15, 0.2) is 139 Å². The summed E-state index contributed by atoms with van der Waals surface area (Å²) in [6.45, 7) is 0. The molecule has 5 radical (unpaired) electrons. The first kappa shape index (κ1) is 150. The van der Waals surface area contributed by atoms with Crippen LogP contribution < -0.4 is 0 Å². The fourth-order valence-electron chi connectivity index (χ4n) is 0. The maximum atomic E-state index is 0. The molecule has 0 bridgehead atoms. The molecule has 0 amide bonds. The first-order valence-electron chi connectivity index (χ1n) is 0. The van der Waals surface area contributed by atoms with Gasteiger partial charge in [-0.2, -0.15) is 0 Å². The topological polar surface area (TPSA) is 0 Å². The summed E-state index contributed by atoms with van der Waals surface area (Å²) in [7, 11) is 0. The SMILES string of the molecule is [AlH3].[AlH3].[AlH3].[AlH3].[AlH3].[AlH3].[AlH3].[AlH3].[Mn].[Mn].[Mn].[Mn].[Mn]. The van der Waals surface area contributed by atoms with Crippen LogP contribution in [0.1, 0.15) is 0 Å². The van der Waals surface area contributed by atoms with Crippen LogP contribution in [0, 0.1) is 0 Å². The van der Waals surface area contributed by atoms with Gasteiger partial charge in [0, 0.05) is 85.3 Å². The third kappa shape index (κ3) is 114. The van der Waals surface area contributed by atoms with Crippen LogP contribution in [0.4, 0.5) is 0 Å². The van der Waals surface area contributed by atoms with E-state index >= 15 is 0 Å². The van der Waals surface area contributed by atoms with Crippen molar-refractivity contribution in [1.82, 2.24) is 0 Å². The van der Waals surface area contributed by atoms with Gasteiger partial charge in [0.05, 0.1) is 0 Å². The van der Waals surface area contributed by atoms with E-state index in [1.807, 2.05) is 0 Å². The predicted octanol–water partition coefficient (Wildman–Crippen LogP) is -9.48. The fraction of sp³-hybridized carbons (Fsp3) is 0. The van der Waals surface area contributed by atoms with Crippen LogP contribution in [-0.2, 0) is 85.3 Å². The molecule has 0 N–H and O–H groups in total. The van der Waals surface area contributed by atoms with Gasteiger partial charge in [0.25, 0.3) is 0 Å². The molecule has 0 saturated carbocycles. The van der Waals surface area contributed by atoms with E-state index < -0.39 is 0 Å². The van der Waals surface area contributed by atoms with Crippen molar-refractivity contribution in [3.63, 3.8) is 0 Å². The molecular formula is H24Al8Mn5. The third-order valence-corrected chi connectivity index (χ3v) is 0. The van der Waals surface area contributed by atoms with Gasteiger partial charge in [-0.25, -0.2) is 0 Å². The van der Waals surface area contributed by atoms with E-state index in [0.717, 1.165) is 0 Å². The molecule has 0 unspecified atom stereocenters. The Morgan fingerprint density at radius 1 is 0.154 bits per heavy atom. The minimum absolute atomic E-state index is 0. The van der Waals surface area contributed by atoms with Crippen molar-refractivity contribution in [2.45, 2.75) is 0 Å². The van der Waals surface area contributed by atoms with Crippen molar-refractivity contribution in [3.05, 3.63) is 0 Å². The Balaban J connectivity index is 0. The smallest absolute Gasteiger partial charge is 0 e. The van der Waals surface area contributed by atoms with Gasteiger partial charge in [0.1, 0.15) is 0 Å². The zero-order chi connectivity index (χ0) is 0.